The predicted molar refractivity (Wildman–Crippen MR) is 58.6 cm³/mol. The normalized spacial score (nSPS) is 15.1. The minimum atomic E-state index is -0.00208. The van der Waals surface area contributed by atoms with Crippen LogP contribution in [0.25, 0.3) is 0 Å². The molecule has 74 valence electrons. The Morgan fingerprint density at radius 1 is 1.50 bits per heavy atom. The predicted octanol–water partition coefficient (Wildman–Crippen LogP) is 1.08. The van der Waals surface area contributed by atoms with Gasteiger partial charge in [0.05, 0.1) is 12.2 Å². The molecule has 0 bridgehead atoms. The Balaban J connectivity index is 2.35. The highest BCUT2D eigenvalue weighted by atomic mass is 32.2. The van der Waals surface area contributed by atoms with Gasteiger partial charge in [-0.05, 0) is 12.1 Å². The van der Waals surface area contributed by atoms with Crippen LogP contribution in [0.15, 0.2) is 29.2 Å². The maximum Gasteiger partial charge on any atom is 0.240 e. The zero-order valence-electron chi connectivity index (χ0n) is 7.77. The first kappa shape index (κ1) is 9.55. The van der Waals surface area contributed by atoms with E-state index in [1.165, 1.54) is 4.90 Å². The van der Waals surface area contributed by atoms with Crippen LogP contribution in [0, 0.1) is 0 Å². The SMILES string of the molecule is NCC(=O)N1CCSc2ccccc21. The summed E-state index contributed by atoms with van der Waals surface area (Å²) in [6.45, 7) is 0.844. The fraction of sp³-hybridized carbons (Fsp3) is 0.300. The average molecular weight is 208 g/mol. The van der Waals surface area contributed by atoms with Gasteiger partial charge in [-0.25, -0.2) is 0 Å². The Morgan fingerprint density at radius 3 is 3.07 bits per heavy atom. The quantitative estimate of drug-likeness (QED) is 0.751. The molecule has 0 fully saturated rings. The highest BCUT2D eigenvalue weighted by Crippen LogP contribution is 2.33. The Labute approximate surface area is 87.3 Å². The summed E-state index contributed by atoms with van der Waals surface area (Å²) in [5.41, 5.74) is 6.36. The van der Waals surface area contributed by atoms with Gasteiger partial charge in [0.2, 0.25) is 5.91 Å². The lowest BCUT2D eigenvalue weighted by Gasteiger charge is -2.28. The number of para-hydroxylation sites is 1. The van der Waals surface area contributed by atoms with Crippen LogP contribution in [-0.2, 0) is 4.79 Å². The van der Waals surface area contributed by atoms with Gasteiger partial charge in [0.25, 0.3) is 0 Å². The number of anilines is 1. The second kappa shape index (κ2) is 4.02. The first-order chi connectivity index (χ1) is 6.83. The van der Waals surface area contributed by atoms with Crippen LogP contribution < -0.4 is 10.6 Å². The van der Waals surface area contributed by atoms with Crippen LogP contribution in [0.3, 0.4) is 0 Å². The lowest BCUT2D eigenvalue weighted by Crippen LogP contribution is -2.39. The van der Waals surface area contributed by atoms with Crippen molar-refractivity contribution in [2.45, 2.75) is 4.90 Å². The van der Waals surface area contributed by atoms with Gasteiger partial charge >= 0.3 is 0 Å². The van der Waals surface area contributed by atoms with Gasteiger partial charge in [-0.3, -0.25) is 4.79 Å². The Hall–Kier alpha value is -1.00. The molecule has 0 atom stereocenters. The first-order valence-electron chi connectivity index (χ1n) is 4.55. The molecule has 1 aliphatic heterocycles. The Morgan fingerprint density at radius 2 is 2.29 bits per heavy atom. The number of hydrogen-bond donors (Lipinski definition) is 1. The van der Waals surface area contributed by atoms with Crippen LogP contribution in [0.5, 0.6) is 0 Å². The maximum absolute atomic E-state index is 11.5. The van der Waals surface area contributed by atoms with Crippen molar-refractivity contribution in [2.24, 2.45) is 5.73 Å². The van der Waals surface area contributed by atoms with E-state index in [2.05, 4.69) is 0 Å². The molecule has 1 aromatic carbocycles. The minimum Gasteiger partial charge on any atom is -0.322 e. The minimum absolute atomic E-state index is 0.00208. The van der Waals surface area contributed by atoms with E-state index in [4.69, 9.17) is 5.73 Å². The molecule has 0 spiro atoms. The number of carbonyl (C=O) groups excluding carboxylic acids is 1. The molecular weight excluding hydrogens is 196 g/mol. The third-order valence-electron chi connectivity index (χ3n) is 2.20. The van der Waals surface area contributed by atoms with E-state index < -0.39 is 0 Å². The van der Waals surface area contributed by atoms with Gasteiger partial charge in [0, 0.05) is 17.2 Å². The zero-order valence-corrected chi connectivity index (χ0v) is 8.59. The number of carbonyl (C=O) groups is 1. The largest absolute Gasteiger partial charge is 0.322 e. The molecule has 0 saturated heterocycles. The van der Waals surface area contributed by atoms with Crippen molar-refractivity contribution in [3.63, 3.8) is 0 Å². The van der Waals surface area contributed by atoms with E-state index in [-0.39, 0.29) is 12.5 Å². The number of hydrogen-bond acceptors (Lipinski definition) is 3. The van der Waals surface area contributed by atoms with Crippen LogP contribution >= 0.6 is 11.8 Å². The molecular formula is C10H12N2OS. The number of fused-ring (bicyclic) bond motifs is 1. The van der Waals surface area contributed by atoms with Crippen molar-refractivity contribution in [3.8, 4) is 0 Å². The van der Waals surface area contributed by atoms with Crippen molar-refractivity contribution < 1.29 is 4.79 Å². The fourth-order valence-corrected chi connectivity index (χ4v) is 2.53. The molecule has 4 heteroatoms. The van der Waals surface area contributed by atoms with Gasteiger partial charge in [-0.1, -0.05) is 12.1 Å². The van der Waals surface area contributed by atoms with E-state index in [1.807, 2.05) is 24.3 Å². The second-order valence-electron chi connectivity index (χ2n) is 3.07. The van der Waals surface area contributed by atoms with Crippen molar-refractivity contribution in [1.29, 1.82) is 0 Å². The summed E-state index contributed by atoms with van der Waals surface area (Å²) in [7, 11) is 0. The van der Waals surface area contributed by atoms with Gasteiger partial charge in [0.1, 0.15) is 0 Å². The number of rotatable bonds is 1. The monoisotopic (exact) mass is 208 g/mol. The summed E-state index contributed by atoms with van der Waals surface area (Å²) in [5, 5.41) is 0. The smallest absolute Gasteiger partial charge is 0.240 e. The summed E-state index contributed by atoms with van der Waals surface area (Å²) >= 11 is 1.79. The van der Waals surface area contributed by atoms with Gasteiger partial charge in [0.15, 0.2) is 0 Å². The fourth-order valence-electron chi connectivity index (χ4n) is 1.54. The molecule has 1 aliphatic rings. The summed E-state index contributed by atoms with van der Waals surface area (Å²) < 4.78 is 0. The van der Waals surface area contributed by atoms with Crippen LogP contribution in [-0.4, -0.2) is 24.7 Å². The molecule has 2 rings (SSSR count). The molecule has 2 N–H and O–H groups in total. The molecule has 0 unspecified atom stereocenters. The van der Waals surface area contributed by atoms with Gasteiger partial charge < -0.3 is 10.6 Å². The zero-order chi connectivity index (χ0) is 9.97. The summed E-state index contributed by atoms with van der Waals surface area (Å²) in [6, 6.07) is 7.94. The van der Waals surface area contributed by atoms with Crippen LogP contribution in [0.2, 0.25) is 0 Å². The highest BCUT2D eigenvalue weighted by Gasteiger charge is 2.20. The van der Waals surface area contributed by atoms with Crippen molar-refractivity contribution >= 4 is 23.4 Å². The van der Waals surface area contributed by atoms with Gasteiger partial charge in [-0.2, -0.15) is 0 Å². The topological polar surface area (TPSA) is 46.3 Å². The van der Waals surface area contributed by atoms with Crippen molar-refractivity contribution in [1.82, 2.24) is 0 Å². The molecule has 0 aromatic heterocycles. The van der Waals surface area contributed by atoms with Crippen LogP contribution in [0.4, 0.5) is 5.69 Å². The van der Waals surface area contributed by atoms with E-state index in [1.54, 1.807) is 16.7 Å². The molecule has 1 heterocycles. The Bertz CT molecular complexity index is 354. The molecule has 0 saturated carbocycles. The lowest BCUT2D eigenvalue weighted by molar-refractivity contribution is -0.117. The van der Waals surface area contributed by atoms with E-state index in [0.29, 0.717) is 0 Å². The molecule has 0 radical (unpaired) electrons. The second-order valence-corrected chi connectivity index (χ2v) is 4.20. The van der Waals surface area contributed by atoms with E-state index in [0.717, 1.165) is 18.0 Å². The average Bonchev–Trinajstić information content (AvgIpc) is 2.27. The lowest BCUT2D eigenvalue weighted by atomic mass is 10.2. The van der Waals surface area contributed by atoms with Crippen LogP contribution in [0.1, 0.15) is 0 Å². The molecule has 3 nitrogen and oxygen atoms in total. The standard InChI is InChI=1S/C10H12N2OS/c11-7-10(13)12-5-6-14-9-4-2-1-3-8(9)12/h1-4H,5-7,11H2. The molecule has 14 heavy (non-hydrogen) atoms. The number of thioether (sulfide) groups is 1. The van der Waals surface area contributed by atoms with Crippen molar-refractivity contribution in [2.75, 3.05) is 23.7 Å². The summed E-state index contributed by atoms with van der Waals surface area (Å²) in [4.78, 5) is 14.5. The highest BCUT2D eigenvalue weighted by molar-refractivity contribution is 7.99. The van der Waals surface area contributed by atoms with Crippen molar-refractivity contribution in [3.05, 3.63) is 24.3 Å². The first-order valence-corrected chi connectivity index (χ1v) is 5.54. The third kappa shape index (κ3) is 1.63. The summed E-state index contributed by atoms with van der Waals surface area (Å²) in [6.07, 6.45) is 0. The Kier molecular flexibility index (Phi) is 2.74. The molecule has 1 aromatic rings. The summed E-state index contributed by atoms with van der Waals surface area (Å²) in [5.74, 6) is 0.945. The molecule has 1 amide bonds. The maximum atomic E-state index is 11.5. The number of benzene rings is 1. The van der Waals surface area contributed by atoms with E-state index >= 15 is 0 Å². The van der Waals surface area contributed by atoms with E-state index in [9.17, 15) is 4.79 Å². The number of nitrogens with zero attached hydrogens (tertiary/aromatic N) is 1. The van der Waals surface area contributed by atoms with Gasteiger partial charge in [-0.15, -0.1) is 11.8 Å². The third-order valence-corrected chi connectivity index (χ3v) is 3.25. The number of nitrogens with two attached hydrogens (primary N) is 1. The molecule has 0 aliphatic carbocycles. The number of amides is 1.